The minimum absolute atomic E-state index is 0.884. The summed E-state index contributed by atoms with van der Waals surface area (Å²) in [5.74, 6) is 1.16. The monoisotopic (exact) mass is 255 g/mol. The molecule has 2 heterocycles. The Kier molecular flexibility index (Phi) is 3.38. The molecule has 3 rings (SSSR count). The van der Waals surface area contributed by atoms with Gasteiger partial charge >= 0.3 is 0 Å². The molecular formula is C16H21N3. The molecule has 3 nitrogen and oxygen atoms in total. The summed E-state index contributed by atoms with van der Waals surface area (Å²) >= 11 is 0. The van der Waals surface area contributed by atoms with Crippen molar-refractivity contribution in [2.75, 3.05) is 6.54 Å². The molecule has 1 aliphatic rings. The highest BCUT2D eigenvalue weighted by atomic mass is 15.2. The molecule has 0 unspecified atom stereocenters. The Morgan fingerprint density at radius 3 is 2.95 bits per heavy atom. The molecule has 19 heavy (non-hydrogen) atoms. The lowest BCUT2D eigenvalue weighted by atomic mass is 9.98. The molecule has 0 amide bonds. The second-order valence-corrected chi connectivity index (χ2v) is 5.09. The maximum Gasteiger partial charge on any atom is 0.123 e. The van der Waals surface area contributed by atoms with Gasteiger partial charge in [0.15, 0.2) is 0 Å². The Hall–Kier alpha value is -1.61. The van der Waals surface area contributed by atoms with Gasteiger partial charge in [-0.25, -0.2) is 4.98 Å². The van der Waals surface area contributed by atoms with Gasteiger partial charge in [-0.05, 0) is 30.0 Å². The standard InChI is InChI=1S/C16H21N3/c1-3-12-5-6-13(4-2)14(9-12)15-10-18-16-11-17-7-8-19(15)16/h5-6,9-10,17H,3-4,7-8,11H2,1-2H3. The predicted molar refractivity (Wildman–Crippen MR) is 78.1 cm³/mol. The van der Waals surface area contributed by atoms with Crippen LogP contribution in [0.5, 0.6) is 0 Å². The fraction of sp³-hybridized carbons (Fsp3) is 0.438. The number of hydrogen-bond acceptors (Lipinski definition) is 2. The minimum atomic E-state index is 0.884. The molecule has 0 bridgehead atoms. The van der Waals surface area contributed by atoms with Crippen molar-refractivity contribution < 1.29 is 0 Å². The van der Waals surface area contributed by atoms with Crippen LogP contribution in [0, 0.1) is 0 Å². The summed E-state index contributed by atoms with van der Waals surface area (Å²) in [7, 11) is 0. The fourth-order valence-electron chi connectivity index (χ4n) is 2.80. The minimum Gasteiger partial charge on any atom is -0.326 e. The van der Waals surface area contributed by atoms with Crippen LogP contribution in [0.1, 0.15) is 30.8 Å². The molecule has 1 aliphatic heterocycles. The zero-order valence-corrected chi connectivity index (χ0v) is 11.7. The maximum absolute atomic E-state index is 4.56. The summed E-state index contributed by atoms with van der Waals surface area (Å²) < 4.78 is 2.37. The highest BCUT2D eigenvalue weighted by Crippen LogP contribution is 2.27. The van der Waals surface area contributed by atoms with E-state index in [9.17, 15) is 0 Å². The number of imidazole rings is 1. The van der Waals surface area contributed by atoms with E-state index < -0.39 is 0 Å². The number of nitrogens with zero attached hydrogens (tertiary/aromatic N) is 2. The summed E-state index contributed by atoms with van der Waals surface area (Å²) in [5, 5.41) is 3.37. The first-order valence-corrected chi connectivity index (χ1v) is 7.20. The molecule has 1 aromatic carbocycles. The van der Waals surface area contributed by atoms with Crippen molar-refractivity contribution in [2.45, 2.75) is 39.8 Å². The molecule has 0 saturated heterocycles. The van der Waals surface area contributed by atoms with E-state index >= 15 is 0 Å². The van der Waals surface area contributed by atoms with E-state index in [0.717, 1.165) is 38.3 Å². The van der Waals surface area contributed by atoms with Crippen molar-refractivity contribution in [2.24, 2.45) is 0 Å². The van der Waals surface area contributed by atoms with Gasteiger partial charge in [0.05, 0.1) is 18.4 Å². The van der Waals surface area contributed by atoms with E-state index in [1.165, 1.54) is 22.4 Å². The largest absolute Gasteiger partial charge is 0.326 e. The number of rotatable bonds is 3. The van der Waals surface area contributed by atoms with Crippen LogP contribution in [0.25, 0.3) is 11.3 Å². The molecular weight excluding hydrogens is 234 g/mol. The Morgan fingerprint density at radius 2 is 2.16 bits per heavy atom. The molecule has 0 fully saturated rings. The zero-order valence-electron chi connectivity index (χ0n) is 11.7. The second-order valence-electron chi connectivity index (χ2n) is 5.09. The Bertz CT molecular complexity index is 584. The van der Waals surface area contributed by atoms with E-state index in [4.69, 9.17) is 0 Å². The van der Waals surface area contributed by atoms with Gasteiger partial charge in [-0.1, -0.05) is 26.0 Å². The van der Waals surface area contributed by atoms with Crippen molar-refractivity contribution in [1.29, 1.82) is 0 Å². The van der Waals surface area contributed by atoms with Gasteiger partial charge in [0, 0.05) is 18.7 Å². The lowest BCUT2D eigenvalue weighted by Gasteiger charge is -2.19. The van der Waals surface area contributed by atoms with E-state index in [0.29, 0.717) is 0 Å². The average Bonchev–Trinajstić information content (AvgIpc) is 2.90. The first kappa shape index (κ1) is 12.4. The summed E-state index contributed by atoms with van der Waals surface area (Å²) in [6.07, 6.45) is 4.19. The summed E-state index contributed by atoms with van der Waals surface area (Å²) in [4.78, 5) is 4.56. The van der Waals surface area contributed by atoms with Gasteiger partial charge in [0.25, 0.3) is 0 Å². The number of fused-ring (bicyclic) bond motifs is 1. The normalized spacial score (nSPS) is 14.4. The van der Waals surface area contributed by atoms with Crippen LogP contribution in [0.2, 0.25) is 0 Å². The first-order chi connectivity index (χ1) is 9.33. The molecule has 1 aromatic heterocycles. The fourth-order valence-corrected chi connectivity index (χ4v) is 2.80. The lowest BCUT2D eigenvalue weighted by Crippen LogP contribution is -2.28. The lowest BCUT2D eigenvalue weighted by molar-refractivity contribution is 0.508. The summed E-state index contributed by atoms with van der Waals surface area (Å²) in [6.45, 7) is 7.37. The Morgan fingerprint density at radius 1 is 1.26 bits per heavy atom. The van der Waals surface area contributed by atoms with Crippen molar-refractivity contribution >= 4 is 0 Å². The smallest absolute Gasteiger partial charge is 0.123 e. The molecule has 1 N–H and O–H groups in total. The van der Waals surface area contributed by atoms with Crippen LogP contribution < -0.4 is 5.32 Å². The van der Waals surface area contributed by atoms with Crippen LogP contribution >= 0.6 is 0 Å². The Labute approximate surface area is 114 Å². The quantitative estimate of drug-likeness (QED) is 0.914. The third-order valence-electron chi connectivity index (χ3n) is 3.97. The second kappa shape index (κ2) is 5.17. The van der Waals surface area contributed by atoms with Crippen LogP contribution in [0.15, 0.2) is 24.4 Å². The predicted octanol–water partition coefficient (Wildman–Crippen LogP) is 2.78. The average molecular weight is 255 g/mol. The molecule has 0 atom stereocenters. The zero-order chi connectivity index (χ0) is 13.2. The van der Waals surface area contributed by atoms with E-state index in [2.05, 4.69) is 46.9 Å². The van der Waals surface area contributed by atoms with Gasteiger partial charge in [0.2, 0.25) is 0 Å². The van der Waals surface area contributed by atoms with Crippen LogP contribution in [0.4, 0.5) is 0 Å². The number of benzene rings is 1. The highest BCUT2D eigenvalue weighted by molar-refractivity contribution is 5.65. The number of hydrogen-bond donors (Lipinski definition) is 1. The first-order valence-electron chi connectivity index (χ1n) is 7.20. The van der Waals surface area contributed by atoms with E-state index in [1.54, 1.807) is 0 Å². The van der Waals surface area contributed by atoms with Crippen LogP contribution in [-0.4, -0.2) is 16.1 Å². The molecule has 3 heteroatoms. The SMILES string of the molecule is CCc1ccc(CC)c(-c2cnc3n2CCNC3)c1. The summed E-state index contributed by atoms with van der Waals surface area (Å²) in [6, 6.07) is 6.86. The van der Waals surface area contributed by atoms with Crippen molar-refractivity contribution in [3.8, 4) is 11.3 Å². The third-order valence-corrected chi connectivity index (χ3v) is 3.97. The molecule has 2 aromatic rings. The molecule has 0 aliphatic carbocycles. The van der Waals surface area contributed by atoms with Gasteiger partial charge in [-0.2, -0.15) is 0 Å². The maximum atomic E-state index is 4.56. The Balaban J connectivity index is 2.12. The van der Waals surface area contributed by atoms with Crippen molar-refractivity contribution in [3.05, 3.63) is 41.3 Å². The van der Waals surface area contributed by atoms with Crippen LogP contribution in [0.3, 0.4) is 0 Å². The number of aromatic nitrogens is 2. The molecule has 0 saturated carbocycles. The van der Waals surface area contributed by atoms with Gasteiger partial charge in [-0.15, -0.1) is 0 Å². The van der Waals surface area contributed by atoms with Gasteiger partial charge in [0.1, 0.15) is 5.82 Å². The van der Waals surface area contributed by atoms with Gasteiger partial charge < -0.3 is 9.88 Å². The topological polar surface area (TPSA) is 29.9 Å². The van der Waals surface area contributed by atoms with Crippen molar-refractivity contribution in [1.82, 2.24) is 14.9 Å². The van der Waals surface area contributed by atoms with E-state index in [1.807, 2.05) is 6.20 Å². The van der Waals surface area contributed by atoms with E-state index in [-0.39, 0.29) is 0 Å². The number of nitrogens with one attached hydrogen (secondary N) is 1. The third kappa shape index (κ3) is 2.19. The molecule has 0 radical (unpaired) electrons. The summed E-state index contributed by atoms with van der Waals surface area (Å²) in [5.41, 5.74) is 5.46. The number of aryl methyl sites for hydroxylation is 2. The van der Waals surface area contributed by atoms with Gasteiger partial charge in [-0.3, -0.25) is 0 Å². The van der Waals surface area contributed by atoms with Crippen molar-refractivity contribution in [3.63, 3.8) is 0 Å². The molecule has 0 spiro atoms. The highest BCUT2D eigenvalue weighted by Gasteiger charge is 2.16. The molecule has 100 valence electrons. The van der Waals surface area contributed by atoms with Crippen LogP contribution in [-0.2, 0) is 25.9 Å².